The van der Waals surface area contributed by atoms with Crippen LogP contribution < -0.4 is 5.73 Å². The van der Waals surface area contributed by atoms with Crippen LogP contribution in [0.15, 0.2) is 12.1 Å². The van der Waals surface area contributed by atoms with Crippen LogP contribution in [0, 0.1) is 6.92 Å². The number of nitrogens with two attached hydrogens (primary N) is 1. The first-order valence-electron chi connectivity index (χ1n) is 3.80. The van der Waals surface area contributed by atoms with Crippen LogP contribution in [0.1, 0.15) is 26.3 Å². The van der Waals surface area contributed by atoms with Crippen molar-refractivity contribution >= 4 is 17.6 Å². The molecule has 0 atom stereocenters. The fourth-order valence-electron chi connectivity index (χ4n) is 1.25. The highest BCUT2D eigenvalue weighted by atomic mass is 16.4. The summed E-state index contributed by atoms with van der Waals surface area (Å²) in [6, 6.07) is 2.57. The third-order valence-electron chi connectivity index (χ3n) is 1.94. The van der Waals surface area contributed by atoms with E-state index in [0.29, 0.717) is 0 Å². The van der Waals surface area contributed by atoms with Crippen LogP contribution in [0.25, 0.3) is 0 Å². The largest absolute Gasteiger partial charge is 0.478 e. The fourth-order valence-corrected chi connectivity index (χ4v) is 1.25. The van der Waals surface area contributed by atoms with Crippen LogP contribution in [-0.4, -0.2) is 22.2 Å². The van der Waals surface area contributed by atoms with Crippen molar-refractivity contribution in [3.05, 3.63) is 28.8 Å². The van der Waals surface area contributed by atoms with Crippen LogP contribution in [-0.2, 0) is 0 Å². The second-order valence-corrected chi connectivity index (χ2v) is 2.81. The molecule has 1 aromatic rings. The van der Waals surface area contributed by atoms with E-state index in [9.17, 15) is 9.59 Å². The molecule has 1 rings (SSSR count). The van der Waals surface area contributed by atoms with Crippen LogP contribution in [0.5, 0.6) is 0 Å². The molecule has 1 aromatic carbocycles. The van der Waals surface area contributed by atoms with Gasteiger partial charge in [-0.2, -0.15) is 0 Å². The molecule has 14 heavy (non-hydrogen) atoms. The Balaban J connectivity index is 3.49. The maximum atomic E-state index is 10.7. The van der Waals surface area contributed by atoms with Gasteiger partial charge in [-0.1, -0.05) is 0 Å². The molecular weight excluding hydrogens is 186 g/mol. The number of aromatic carboxylic acids is 2. The predicted octanol–water partition coefficient (Wildman–Crippen LogP) is 0.974. The minimum Gasteiger partial charge on any atom is -0.478 e. The molecular formula is C9H9NO4. The molecule has 0 radical (unpaired) electrons. The van der Waals surface area contributed by atoms with Gasteiger partial charge in [0.05, 0.1) is 11.1 Å². The summed E-state index contributed by atoms with van der Waals surface area (Å²) in [5.74, 6) is -2.38. The Morgan fingerprint density at radius 1 is 1.21 bits per heavy atom. The molecule has 0 unspecified atom stereocenters. The number of benzene rings is 1. The molecule has 5 nitrogen and oxygen atoms in total. The number of hydrogen-bond acceptors (Lipinski definition) is 3. The molecule has 4 N–H and O–H groups in total. The topological polar surface area (TPSA) is 101 Å². The van der Waals surface area contributed by atoms with Crippen molar-refractivity contribution in [1.29, 1.82) is 0 Å². The number of nitrogen functional groups attached to an aromatic ring is 1. The second kappa shape index (κ2) is 3.37. The third kappa shape index (κ3) is 1.52. The molecule has 0 saturated carbocycles. The summed E-state index contributed by atoms with van der Waals surface area (Å²) in [6.45, 7) is 1.42. The monoisotopic (exact) mass is 195 g/mol. The quantitative estimate of drug-likeness (QED) is 0.610. The van der Waals surface area contributed by atoms with E-state index in [0.717, 1.165) is 0 Å². The molecule has 0 aliphatic rings. The van der Waals surface area contributed by atoms with E-state index in [1.165, 1.54) is 19.1 Å². The highest BCUT2D eigenvalue weighted by Crippen LogP contribution is 2.20. The number of carbonyl (C=O) groups is 2. The van der Waals surface area contributed by atoms with Gasteiger partial charge >= 0.3 is 11.9 Å². The van der Waals surface area contributed by atoms with E-state index in [-0.39, 0.29) is 22.4 Å². The van der Waals surface area contributed by atoms with Crippen molar-refractivity contribution in [2.24, 2.45) is 0 Å². The van der Waals surface area contributed by atoms with E-state index < -0.39 is 11.9 Å². The molecule has 0 heterocycles. The summed E-state index contributed by atoms with van der Waals surface area (Å²) in [6.07, 6.45) is 0. The number of rotatable bonds is 2. The Labute approximate surface area is 79.8 Å². The molecule has 0 fully saturated rings. The summed E-state index contributed by atoms with van der Waals surface area (Å²) in [5, 5.41) is 17.5. The van der Waals surface area contributed by atoms with E-state index in [4.69, 9.17) is 15.9 Å². The number of carboxylic acids is 2. The molecule has 0 aromatic heterocycles. The normalized spacial score (nSPS) is 9.79. The van der Waals surface area contributed by atoms with Crippen LogP contribution in [0.2, 0.25) is 0 Å². The van der Waals surface area contributed by atoms with Gasteiger partial charge in [-0.3, -0.25) is 0 Å². The van der Waals surface area contributed by atoms with Gasteiger partial charge in [-0.15, -0.1) is 0 Å². The van der Waals surface area contributed by atoms with Gasteiger partial charge in [-0.05, 0) is 24.6 Å². The minimum atomic E-state index is -1.22. The van der Waals surface area contributed by atoms with Crippen molar-refractivity contribution in [2.45, 2.75) is 6.92 Å². The smallest absolute Gasteiger partial charge is 0.338 e. The zero-order valence-corrected chi connectivity index (χ0v) is 7.44. The van der Waals surface area contributed by atoms with Crippen molar-refractivity contribution < 1.29 is 19.8 Å². The zero-order valence-electron chi connectivity index (χ0n) is 7.44. The lowest BCUT2D eigenvalue weighted by molar-refractivity contribution is 0.0696. The van der Waals surface area contributed by atoms with Gasteiger partial charge in [0.2, 0.25) is 0 Å². The molecule has 0 amide bonds. The van der Waals surface area contributed by atoms with Crippen molar-refractivity contribution in [1.82, 2.24) is 0 Å². The molecule has 0 aliphatic heterocycles. The minimum absolute atomic E-state index is 0.0448. The van der Waals surface area contributed by atoms with Gasteiger partial charge in [0.1, 0.15) is 0 Å². The standard InChI is InChI=1S/C9H9NO4/c1-4-5(8(11)12)2-3-6(10)7(4)9(13)14/h2-3H,10H2,1H3,(H,11,12)(H,13,14). The summed E-state index contributed by atoms with van der Waals surface area (Å²) in [4.78, 5) is 21.4. The molecule has 0 saturated heterocycles. The zero-order chi connectivity index (χ0) is 10.9. The van der Waals surface area contributed by atoms with Crippen molar-refractivity contribution in [2.75, 3.05) is 5.73 Å². The Bertz CT molecular complexity index is 412. The van der Waals surface area contributed by atoms with Crippen LogP contribution >= 0.6 is 0 Å². The molecule has 0 spiro atoms. The lowest BCUT2D eigenvalue weighted by Crippen LogP contribution is -2.10. The first-order chi connectivity index (χ1) is 6.45. The number of carboxylic acid groups (broad SMARTS) is 2. The van der Waals surface area contributed by atoms with Gasteiger partial charge in [0, 0.05) is 5.69 Å². The summed E-state index contributed by atoms with van der Waals surface area (Å²) in [7, 11) is 0. The van der Waals surface area contributed by atoms with Gasteiger partial charge in [0.25, 0.3) is 0 Å². The Morgan fingerprint density at radius 3 is 2.21 bits per heavy atom. The fraction of sp³-hybridized carbons (Fsp3) is 0.111. The number of hydrogen-bond donors (Lipinski definition) is 3. The van der Waals surface area contributed by atoms with E-state index in [1.807, 2.05) is 0 Å². The summed E-state index contributed by atoms with van der Waals surface area (Å²) < 4.78 is 0. The maximum absolute atomic E-state index is 10.7. The van der Waals surface area contributed by atoms with E-state index in [2.05, 4.69) is 0 Å². The van der Waals surface area contributed by atoms with Gasteiger partial charge in [-0.25, -0.2) is 9.59 Å². The average molecular weight is 195 g/mol. The lowest BCUT2D eigenvalue weighted by Gasteiger charge is -2.07. The highest BCUT2D eigenvalue weighted by Gasteiger charge is 2.17. The number of anilines is 1. The Hall–Kier alpha value is -2.04. The Morgan fingerprint density at radius 2 is 1.79 bits per heavy atom. The second-order valence-electron chi connectivity index (χ2n) is 2.81. The summed E-state index contributed by atoms with van der Waals surface area (Å²) in [5.41, 5.74) is 5.47. The SMILES string of the molecule is Cc1c(C(=O)O)ccc(N)c1C(=O)O. The lowest BCUT2D eigenvalue weighted by atomic mass is 10.0. The third-order valence-corrected chi connectivity index (χ3v) is 1.94. The van der Waals surface area contributed by atoms with E-state index >= 15 is 0 Å². The van der Waals surface area contributed by atoms with E-state index in [1.54, 1.807) is 0 Å². The predicted molar refractivity (Wildman–Crippen MR) is 49.5 cm³/mol. The Kier molecular flexibility index (Phi) is 2.42. The van der Waals surface area contributed by atoms with Gasteiger partial charge < -0.3 is 15.9 Å². The average Bonchev–Trinajstić information content (AvgIpc) is 2.02. The molecule has 5 heteroatoms. The highest BCUT2D eigenvalue weighted by molar-refractivity contribution is 6.00. The molecule has 0 bridgehead atoms. The summed E-state index contributed by atoms with van der Waals surface area (Å²) >= 11 is 0. The van der Waals surface area contributed by atoms with Gasteiger partial charge in [0.15, 0.2) is 0 Å². The first kappa shape index (κ1) is 10.0. The maximum Gasteiger partial charge on any atom is 0.338 e. The van der Waals surface area contributed by atoms with Crippen molar-refractivity contribution in [3.63, 3.8) is 0 Å². The molecule has 74 valence electrons. The van der Waals surface area contributed by atoms with Crippen molar-refractivity contribution in [3.8, 4) is 0 Å². The first-order valence-corrected chi connectivity index (χ1v) is 3.80. The van der Waals surface area contributed by atoms with Crippen LogP contribution in [0.4, 0.5) is 5.69 Å². The molecule has 0 aliphatic carbocycles. The van der Waals surface area contributed by atoms with Crippen LogP contribution in [0.3, 0.4) is 0 Å².